The Bertz CT molecular complexity index is 622. The van der Waals surface area contributed by atoms with Crippen LogP contribution in [0.15, 0.2) is 37.1 Å². The van der Waals surface area contributed by atoms with Gasteiger partial charge in [-0.2, -0.15) is 0 Å². The molecule has 2 aromatic heterocycles. The number of fused-ring (bicyclic) bond motifs is 1. The third kappa shape index (κ3) is 2.80. The minimum atomic E-state index is 0.0271. The van der Waals surface area contributed by atoms with Gasteiger partial charge in [0.25, 0.3) is 5.91 Å². The second kappa shape index (κ2) is 5.65. The van der Waals surface area contributed by atoms with Crippen LogP contribution in [0, 0.1) is 0 Å². The van der Waals surface area contributed by atoms with Crippen LogP contribution in [0.25, 0.3) is 0 Å². The van der Waals surface area contributed by atoms with E-state index in [1.807, 2.05) is 37.6 Å². The van der Waals surface area contributed by atoms with Gasteiger partial charge in [0.1, 0.15) is 0 Å². The summed E-state index contributed by atoms with van der Waals surface area (Å²) in [6, 6.07) is 3.83. The lowest BCUT2D eigenvalue weighted by atomic mass is 10.1. The number of aromatic nitrogens is 3. The van der Waals surface area contributed by atoms with Crippen LogP contribution in [0.1, 0.15) is 22.1 Å². The van der Waals surface area contributed by atoms with E-state index in [2.05, 4.69) is 19.4 Å². The molecule has 3 heterocycles. The third-order valence-corrected chi connectivity index (χ3v) is 3.70. The minimum absolute atomic E-state index is 0.0271. The summed E-state index contributed by atoms with van der Waals surface area (Å²) in [5.41, 5.74) is 1.71. The lowest BCUT2D eigenvalue weighted by Gasteiger charge is -2.35. The first kappa shape index (κ1) is 13.8. The Morgan fingerprint density at radius 2 is 2.24 bits per heavy atom. The average molecular weight is 285 g/mol. The van der Waals surface area contributed by atoms with Gasteiger partial charge in [-0.1, -0.05) is 0 Å². The number of rotatable bonds is 3. The normalized spacial score (nSPS) is 17.9. The van der Waals surface area contributed by atoms with Gasteiger partial charge in [-0.25, -0.2) is 4.98 Å². The molecule has 0 radical (unpaired) electrons. The van der Waals surface area contributed by atoms with Gasteiger partial charge < -0.3 is 14.4 Å². The van der Waals surface area contributed by atoms with Gasteiger partial charge in [-0.15, -0.1) is 0 Å². The molecule has 110 valence electrons. The molecular formula is C15H19N5O. The molecule has 2 aromatic rings. The molecule has 0 saturated carbocycles. The van der Waals surface area contributed by atoms with Gasteiger partial charge >= 0.3 is 0 Å². The van der Waals surface area contributed by atoms with Gasteiger partial charge in [0.2, 0.25) is 0 Å². The van der Waals surface area contributed by atoms with E-state index in [0.717, 1.165) is 12.2 Å². The van der Waals surface area contributed by atoms with Crippen molar-refractivity contribution in [2.75, 3.05) is 27.2 Å². The predicted molar refractivity (Wildman–Crippen MR) is 78.8 cm³/mol. The fraction of sp³-hybridized carbons (Fsp3) is 0.400. The predicted octanol–water partition coefficient (Wildman–Crippen LogP) is 1.04. The zero-order valence-corrected chi connectivity index (χ0v) is 12.3. The highest BCUT2D eigenvalue weighted by molar-refractivity contribution is 5.93. The minimum Gasteiger partial charge on any atom is -0.331 e. The highest BCUT2D eigenvalue weighted by Gasteiger charge is 2.28. The summed E-state index contributed by atoms with van der Waals surface area (Å²) in [6.45, 7) is 2.16. The summed E-state index contributed by atoms with van der Waals surface area (Å²) >= 11 is 0. The molecule has 1 aliphatic rings. The maximum Gasteiger partial charge on any atom is 0.255 e. The van der Waals surface area contributed by atoms with Gasteiger partial charge in [0.15, 0.2) is 0 Å². The SMILES string of the molecule is CN(C)C[C@H]1CN(C(=O)c2cccnc2)Cc2cncn21. The summed E-state index contributed by atoms with van der Waals surface area (Å²) in [4.78, 5) is 24.9. The Morgan fingerprint density at radius 1 is 1.38 bits per heavy atom. The van der Waals surface area contributed by atoms with Crippen molar-refractivity contribution in [3.05, 3.63) is 48.3 Å². The van der Waals surface area contributed by atoms with E-state index < -0.39 is 0 Å². The number of imidazole rings is 1. The highest BCUT2D eigenvalue weighted by Crippen LogP contribution is 2.22. The van der Waals surface area contributed by atoms with E-state index >= 15 is 0 Å². The summed E-state index contributed by atoms with van der Waals surface area (Å²) < 4.78 is 2.17. The number of hydrogen-bond donors (Lipinski definition) is 0. The molecule has 6 nitrogen and oxygen atoms in total. The molecule has 1 amide bonds. The maximum atomic E-state index is 12.6. The number of pyridine rings is 1. The van der Waals surface area contributed by atoms with Gasteiger partial charge in [0, 0.05) is 31.7 Å². The zero-order chi connectivity index (χ0) is 14.8. The molecule has 0 bridgehead atoms. The first-order valence-electron chi connectivity index (χ1n) is 7.00. The van der Waals surface area contributed by atoms with Crippen LogP contribution in [0.4, 0.5) is 0 Å². The Morgan fingerprint density at radius 3 is 2.95 bits per heavy atom. The summed E-state index contributed by atoms with van der Waals surface area (Å²) in [5, 5.41) is 0. The Labute approximate surface area is 124 Å². The van der Waals surface area contributed by atoms with Gasteiger partial charge in [-0.3, -0.25) is 9.78 Å². The molecule has 0 spiro atoms. The first-order chi connectivity index (χ1) is 10.1. The van der Waals surface area contributed by atoms with Crippen molar-refractivity contribution in [1.29, 1.82) is 0 Å². The Balaban J connectivity index is 1.84. The van der Waals surface area contributed by atoms with Crippen LogP contribution in [-0.4, -0.2) is 57.4 Å². The van der Waals surface area contributed by atoms with Crippen molar-refractivity contribution in [3.63, 3.8) is 0 Å². The molecule has 1 atom stereocenters. The quantitative estimate of drug-likeness (QED) is 0.845. The second-order valence-corrected chi connectivity index (χ2v) is 5.64. The number of carbonyl (C=O) groups is 1. The van der Waals surface area contributed by atoms with Crippen molar-refractivity contribution in [3.8, 4) is 0 Å². The molecule has 0 fully saturated rings. The van der Waals surface area contributed by atoms with Gasteiger partial charge in [0.05, 0.1) is 30.2 Å². The fourth-order valence-corrected chi connectivity index (χ4v) is 2.78. The number of amides is 1. The highest BCUT2D eigenvalue weighted by atomic mass is 16.2. The van der Waals surface area contributed by atoms with Crippen molar-refractivity contribution in [2.45, 2.75) is 12.6 Å². The smallest absolute Gasteiger partial charge is 0.255 e. The van der Waals surface area contributed by atoms with Crippen LogP contribution in [0.3, 0.4) is 0 Å². The lowest BCUT2D eigenvalue weighted by molar-refractivity contribution is 0.0663. The number of nitrogens with zero attached hydrogens (tertiary/aromatic N) is 5. The summed E-state index contributed by atoms with van der Waals surface area (Å²) in [7, 11) is 4.08. The van der Waals surface area contributed by atoms with Crippen molar-refractivity contribution < 1.29 is 4.79 Å². The zero-order valence-electron chi connectivity index (χ0n) is 12.3. The van der Waals surface area contributed by atoms with Crippen LogP contribution >= 0.6 is 0 Å². The number of likely N-dealkylation sites (N-methyl/N-ethyl adjacent to an activating group) is 1. The summed E-state index contributed by atoms with van der Waals surface area (Å²) in [5.74, 6) is 0.0271. The Hall–Kier alpha value is -2.21. The number of carbonyl (C=O) groups excluding carboxylic acids is 1. The van der Waals surface area contributed by atoms with E-state index in [9.17, 15) is 4.79 Å². The molecule has 3 rings (SSSR count). The molecule has 0 aromatic carbocycles. The van der Waals surface area contributed by atoms with Crippen molar-refractivity contribution in [2.24, 2.45) is 0 Å². The molecule has 0 unspecified atom stereocenters. The molecule has 21 heavy (non-hydrogen) atoms. The number of hydrogen-bond acceptors (Lipinski definition) is 4. The van der Waals surface area contributed by atoms with Gasteiger partial charge in [-0.05, 0) is 26.2 Å². The largest absolute Gasteiger partial charge is 0.331 e. The molecule has 0 N–H and O–H groups in total. The maximum absolute atomic E-state index is 12.6. The standard InChI is InChI=1S/C15H19N5O/c1-18(2)8-14-10-19(9-13-7-17-11-20(13)14)15(21)12-4-3-5-16-6-12/h3-7,11,14H,8-10H2,1-2H3/t14-/m0/s1. The molecule has 0 aliphatic carbocycles. The fourth-order valence-electron chi connectivity index (χ4n) is 2.78. The van der Waals surface area contributed by atoms with Crippen molar-refractivity contribution >= 4 is 5.91 Å². The van der Waals surface area contributed by atoms with E-state index in [0.29, 0.717) is 18.7 Å². The molecule has 1 aliphatic heterocycles. The Kier molecular flexibility index (Phi) is 3.70. The van der Waals surface area contributed by atoms with E-state index in [4.69, 9.17) is 0 Å². The van der Waals surface area contributed by atoms with E-state index in [-0.39, 0.29) is 11.9 Å². The third-order valence-electron chi connectivity index (χ3n) is 3.70. The van der Waals surface area contributed by atoms with Crippen LogP contribution in [0.5, 0.6) is 0 Å². The second-order valence-electron chi connectivity index (χ2n) is 5.64. The van der Waals surface area contributed by atoms with Crippen LogP contribution in [-0.2, 0) is 6.54 Å². The molecule has 6 heteroatoms. The first-order valence-corrected chi connectivity index (χ1v) is 7.00. The lowest BCUT2D eigenvalue weighted by Crippen LogP contribution is -2.43. The molecular weight excluding hydrogens is 266 g/mol. The van der Waals surface area contributed by atoms with Crippen LogP contribution < -0.4 is 0 Å². The molecule has 0 saturated heterocycles. The van der Waals surface area contributed by atoms with E-state index in [1.165, 1.54) is 0 Å². The van der Waals surface area contributed by atoms with Crippen molar-refractivity contribution in [1.82, 2.24) is 24.3 Å². The van der Waals surface area contributed by atoms with Crippen LogP contribution in [0.2, 0.25) is 0 Å². The topological polar surface area (TPSA) is 54.3 Å². The summed E-state index contributed by atoms with van der Waals surface area (Å²) in [6.07, 6.45) is 6.99. The average Bonchev–Trinajstić information content (AvgIpc) is 2.95. The monoisotopic (exact) mass is 285 g/mol. The van der Waals surface area contributed by atoms with E-state index in [1.54, 1.807) is 18.5 Å².